The van der Waals surface area contributed by atoms with Crippen LogP contribution in [0.25, 0.3) is 12.2 Å². The average molecular weight is 421 g/mol. The molecule has 5 nitrogen and oxygen atoms in total. The number of unbranched alkanes of at least 4 members (excludes halogenated alkanes) is 1. The molecule has 0 aliphatic heterocycles. The van der Waals surface area contributed by atoms with Gasteiger partial charge in [-0.3, -0.25) is 19.0 Å². The number of carbonyl (C=O) groups excluding carboxylic acids is 2. The topological polar surface area (TPSA) is 68.2 Å². The van der Waals surface area contributed by atoms with Crippen LogP contribution in [0.15, 0.2) is 16.2 Å². The van der Waals surface area contributed by atoms with Crippen LogP contribution in [0.2, 0.25) is 0 Å². The Morgan fingerprint density at radius 2 is 2.00 bits per heavy atom. The summed E-state index contributed by atoms with van der Waals surface area (Å²) in [6, 6.07) is 2.00. The first-order valence-electron chi connectivity index (χ1n) is 9.41. The standard InChI is InChI=1S/C21H28N2O3S2/c1-6-7-9-22-18(25)13-23-19(12-17(24)21(3,4)5)28-16(20(23)26)11-15-14(2)8-10-27-15/h8,10-12H,6-7,9,13H2,1-5H3,(H,22,25)/b16-11+,19-12-. The van der Waals surface area contributed by atoms with Crippen LogP contribution in [-0.4, -0.2) is 22.8 Å². The zero-order chi connectivity index (χ0) is 20.9. The molecule has 1 amide bonds. The van der Waals surface area contributed by atoms with Gasteiger partial charge in [0.2, 0.25) is 5.91 Å². The number of nitrogens with zero attached hydrogens (tertiary/aromatic N) is 1. The first kappa shape index (κ1) is 22.3. The SMILES string of the molecule is CCCCNC(=O)Cn1c(=O)/c(=C\c2sccc2C)s/c1=C\C(=O)C(C)(C)C. The van der Waals surface area contributed by atoms with Gasteiger partial charge in [-0.25, -0.2) is 0 Å². The number of rotatable bonds is 7. The molecule has 2 heterocycles. The summed E-state index contributed by atoms with van der Waals surface area (Å²) in [5, 5.41) is 4.81. The lowest BCUT2D eigenvalue weighted by Gasteiger charge is -2.13. The van der Waals surface area contributed by atoms with E-state index < -0.39 is 5.41 Å². The van der Waals surface area contributed by atoms with Gasteiger partial charge in [-0.05, 0) is 36.4 Å². The van der Waals surface area contributed by atoms with Gasteiger partial charge in [-0.1, -0.05) is 34.1 Å². The second-order valence-electron chi connectivity index (χ2n) is 7.77. The molecular weight excluding hydrogens is 392 g/mol. The van der Waals surface area contributed by atoms with Crippen LogP contribution in [0.3, 0.4) is 0 Å². The van der Waals surface area contributed by atoms with Crippen LogP contribution in [0.5, 0.6) is 0 Å². The van der Waals surface area contributed by atoms with Gasteiger partial charge < -0.3 is 5.32 Å². The van der Waals surface area contributed by atoms with Crippen LogP contribution in [0.1, 0.15) is 51.0 Å². The highest BCUT2D eigenvalue weighted by Crippen LogP contribution is 2.16. The molecule has 0 unspecified atom stereocenters. The Balaban J connectivity index is 2.52. The van der Waals surface area contributed by atoms with Crippen molar-refractivity contribution in [2.75, 3.05) is 6.54 Å². The molecule has 2 aromatic heterocycles. The molecule has 2 aromatic rings. The number of carbonyl (C=O) groups is 2. The van der Waals surface area contributed by atoms with Gasteiger partial charge in [0, 0.05) is 22.9 Å². The second-order valence-corrected chi connectivity index (χ2v) is 9.78. The Labute approximate surface area is 173 Å². The molecule has 0 saturated carbocycles. The molecule has 0 saturated heterocycles. The Morgan fingerprint density at radius 3 is 2.57 bits per heavy atom. The molecule has 152 valence electrons. The van der Waals surface area contributed by atoms with Crippen LogP contribution in [0, 0.1) is 12.3 Å². The van der Waals surface area contributed by atoms with Gasteiger partial charge in [-0.15, -0.1) is 22.7 Å². The predicted octanol–water partition coefficient (Wildman–Crippen LogP) is 2.42. The Hall–Kier alpha value is -1.99. The maximum Gasteiger partial charge on any atom is 0.269 e. The highest BCUT2D eigenvalue weighted by Gasteiger charge is 2.20. The van der Waals surface area contributed by atoms with Gasteiger partial charge in [0.05, 0.1) is 4.53 Å². The lowest BCUT2D eigenvalue weighted by atomic mass is 9.91. The van der Waals surface area contributed by atoms with Crippen molar-refractivity contribution in [2.45, 2.75) is 54.0 Å². The van der Waals surface area contributed by atoms with E-state index in [1.807, 2.05) is 45.2 Å². The largest absolute Gasteiger partial charge is 0.355 e. The van der Waals surface area contributed by atoms with E-state index >= 15 is 0 Å². The smallest absolute Gasteiger partial charge is 0.269 e. The lowest BCUT2D eigenvalue weighted by Crippen LogP contribution is -2.38. The van der Waals surface area contributed by atoms with E-state index in [0.717, 1.165) is 23.3 Å². The lowest BCUT2D eigenvalue weighted by molar-refractivity contribution is -0.122. The summed E-state index contributed by atoms with van der Waals surface area (Å²) in [6.45, 7) is 10.0. The van der Waals surface area contributed by atoms with Gasteiger partial charge in [-0.2, -0.15) is 0 Å². The van der Waals surface area contributed by atoms with Crippen LogP contribution < -0.4 is 20.1 Å². The first-order valence-corrected chi connectivity index (χ1v) is 11.1. The molecule has 0 aliphatic rings. The van der Waals surface area contributed by atoms with Gasteiger partial charge in [0.25, 0.3) is 5.56 Å². The van der Waals surface area contributed by atoms with E-state index in [1.54, 1.807) is 11.3 Å². The second kappa shape index (κ2) is 9.47. The van der Waals surface area contributed by atoms with Crippen molar-refractivity contribution in [3.05, 3.63) is 41.4 Å². The molecule has 0 atom stereocenters. The molecule has 1 N–H and O–H groups in total. The highest BCUT2D eigenvalue weighted by molar-refractivity contribution is 7.11. The molecule has 0 aromatic carbocycles. The number of ketones is 1. The fraction of sp³-hybridized carbons (Fsp3) is 0.476. The molecule has 0 radical (unpaired) electrons. The number of aryl methyl sites for hydroxylation is 1. The van der Waals surface area contributed by atoms with Crippen molar-refractivity contribution in [1.82, 2.24) is 9.88 Å². The van der Waals surface area contributed by atoms with E-state index in [0.29, 0.717) is 15.7 Å². The van der Waals surface area contributed by atoms with Crippen molar-refractivity contribution in [1.29, 1.82) is 0 Å². The predicted molar refractivity (Wildman–Crippen MR) is 117 cm³/mol. The van der Waals surface area contributed by atoms with E-state index in [2.05, 4.69) is 12.2 Å². The number of aromatic nitrogens is 1. The van der Waals surface area contributed by atoms with Gasteiger partial charge >= 0.3 is 0 Å². The number of thiophene rings is 1. The molecule has 7 heteroatoms. The van der Waals surface area contributed by atoms with E-state index in [-0.39, 0.29) is 23.8 Å². The Bertz CT molecular complexity index is 1020. The normalized spacial score (nSPS) is 13.2. The summed E-state index contributed by atoms with van der Waals surface area (Å²) >= 11 is 2.81. The molecule has 0 fully saturated rings. The van der Waals surface area contributed by atoms with Crippen LogP contribution in [-0.2, 0) is 16.1 Å². The van der Waals surface area contributed by atoms with Crippen molar-refractivity contribution < 1.29 is 9.59 Å². The number of thiazole rings is 1. The Kier molecular flexibility index (Phi) is 7.55. The fourth-order valence-corrected chi connectivity index (χ4v) is 4.33. The summed E-state index contributed by atoms with van der Waals surface area (Å²) in [6.07, 6.45) is 5.21. The average Bonchev–Trinajstić information content (AvgIpc) is 3.13. The zero-order valence-electron chi connectivity index (χ0n) is 17.1. The first-order chi connectivity index (χ1) is 13.1. The molecule has 0 bridgehead atoms. The molecular formula is C21H28N2O3S2. The minimum absolute atomic E-state index is 0.0762. The minimum Gasteiger partial charge on any atom is -0.355 e. The van der Waals surface area contributed by atoms with Gasteiger partial charge in [0.15, 0.2) is 5.78 Å². The zero-order valence-corrected chi connectivity index (χ0v) is 18.8. The third kappa shape index (κ3) is 5.75. The number of amides is 1. The van der Waals surface area contributed by atoms with E-state index in [9.17, 15) is 14.4 Å². The van der Waals surface area contributed by atoms with Crippen molar-refractivity contribution >= 4 is 46.5 Å². The number of nitrogens with one attached hydrogen (secondary N) is 1. The van der Waals surface area contributed by atoms with E-state index in [1.165, 1.54) is 22.0 Å². The summed E-state index contributed by atoms with van der Waals surface area (Å²) in [5.74, 6) is -0.294. The summed E-state index contributed by atoms with van der Waals surface area (Å²) < 4.78 is 2.44. The van der Waals surface area contributed by atoms with Gasteiger partial charge in [0.1, 0.15) is 11.2 Å². The summed E-state index contributed by atoms with van der Waals surface area (Å²) in [7, 11) is 0. The van der Waals surface area contributed by atoms with Crippen LogP contribution in [0.4, 0.5) is 0 Å². The highest BCUT2D eigenvalue weighted by atomic mass is 32.1. The third-order valence-electron chi connectivity index (χ3n) is 4.25. The third-order valence-corrected chi connectivity index (χ3v) is 6.27. The Morgan fingerprint density at radius 1 is 1.29 bits per heavy atom. The van der Waals surface area contributed by atoms with Crippen molar-refractivity contribution in [3.8, 4) is 0 Å². The van der Waals surface area contributed by atoms with Crippen LogP contribution >= 0.6 is 22.7 Å². The molecule has 28 heavy (non-hydrogen) atoms. The fourth-order valence-electron chi connectivity index (χ4n) is 2.38. The maximum absolute atomic E-state index is 13.0. The summed E-state index contributed by atoms with van der Waals surface area (Å²) in [4.78, 5) is 38.7. The maximum atomic E-state index is 13.0. The molecule has 0 aliphatic carbocycles. The summed E-state index contributed by atoms with van der Waals surface area (Å²) in [5.41, 5.74) is 0.303. The van der Waals surface area contributed by atoms with Crippen molar-refractivity contribution in [3.63, 3.8) is 0 Å². The number of hydrogen-bond donors (Lipinski definition) is 1. The number of hydrogen-bond acceptors (Lipinski definition) is 5. The number of Topliss-reactive ketones (excluding diaryl/α,β-unsaturated/α-hetero) is 1. The van der Waals surface area contributed by atoms with Crippen molar-refractivity contribution in [2.24, 2.45) is 5.41 Å². The monoisotopic (exact) mass is 420 g/mol. The molecule has 2 rings (SSSR count). The quantitative estimate of drug-likeness (QED) is 0.700. The minimum atomic E-state index is -0.553. The molecule has 0 spiro atoms. The van der Waals surface area contributed by atoms with E-state index in [4.69, 9.17) is 0 Å².